The SMILES string of the molecule is COc1cccc(OC)c1CN=C1NC=C([N+](=O)[O-])C(N)(CC2CCC(CN)CC2)N1. The maximum absolute atomic E-state index is 11.7. The fourth-order valence-electron chi connectivity index (χ4n) is 4.40. The summed E-state index contributed by atoms with van der Waals surface area (Å²) in [6, 6.07) is 5.49. The van der Waals surface area contributed by atoms with E-state index in [0.29, 0.717) is 36.3 Å². The predicted octanol–water partition coefficient (Wildman–Crippen LogP) is 1.68. The first-order valence-electron chi connectivity index (χ1n) is 10.5. The van der Waals surface area contributed by atoms with E-state index in [2.05, 4.69) is 15.6 Å². The molecule has 1 unspecified atom stereocenters. The fraction of sp³-hybridized carbons (Fsp3) is 0.571. The molecule has 1 aliphatic heterocycles. The van der Waals surface area contributed by atoms with Crippen molar-refractivity contribution in [1.29, 1.82) is 0 Å². The van der Waals surface area contributed by atoms with Crippen molar-refractivity contribution in [2.24, 2.45) is 28.3 Å². The summed E-state index contributed by atoms with van der Waals surface area (Å²) in [7, 11) is 3.16. The quantitative estimate of drug-likeness (QED) is 0.358. The molecule has 1 atom stereocenters. The highest BCUT2D eigenvalue weighted by Crippen LogP contribution is 2.35. The van der Waals surface area contributed by atoms with Gasteiger partial charge in [0.2, 0.25) is 0 Å². The average Bonchev–Trinajstić information content (AvgIpc) is 2.77. The van der Waals surface area contributed by atoms with Crippen molar-refractivity contribution in [3.05, 3.63) is 45.8 Å². The molecular weight excluding hydrogens is 400 g/mol. The summed E-state index contributed by atoms with van der Waals surface area (Å²) >= 11 is 0. The molecule has 0 aromatic heterocycles. The highest BCUT2D eigenvalue weighted by atomic mass is 16.6. The molecule has 31 heavy (non-hydrogen) atoms. The number of benzene rings is 1. The molecule has 1 fully saturated rings. The molecule has 0 saturated heterocycles. The van der Waals surface area contributed by atoms with E-state index < -0.39 is 10.6 Å². The summed E-state index contributed by atoms with van der Waals surface area (Å²) < 4.78 is 10.8. The van der Waals surface area contributed by atoms with Crippen LogP contribution in [0.1, 0.15) is 37.7 Å². The Hall–Kier alpha value is -2.85. The third-order valence-corrected chi connectivity index (χ3v) is 6.18. The Morgan fingerprint density at radius 2 is 1.81 bits per heavy atom. The zero-order valence-electron chi connectivity index (χ0n) is 18.1. The van der Waals surface area contributed by atoms with E-state index >= 15 is 0 Å². The van der Waals surface area contributed by atoms with Gasteiger partial charge in [0, 0.05) is 0 Å². The van der Waals surface area contributed by atoms with Crippen molar-refractivity contribution in [2.75, 3.05) is 20.8 Å². The Labute approximate surface area is 182 Å². The van der Waals surface area contributed by atoms with Crippen molar-refractivity contribution in [2.45, 2.75) is 44.3 Å². The lowest BCUT2D eigenvalue weighted by molar-refractivity contribution is -0.437. The van der Waals surface area contributed by atoms with E-state index in [0.717, 1.165) is 31.2 Å². The summed E-state index contributed by atoms with van der Waals surface area (Å²) in [5, 5.41) is 17.6. The van der Waals surface area contributed by atoms with E-state index in [9.17, 15) is 10.1 Å². The normalized spacial score (nSPS) is 27.1. The number of hydrogen-bond donors (Lipinski definition) is 4. The molecule has 3 rings (SSSR count). The minimum atomic E-state index is -1.31. The Morgan fingerprint density at radius 3 is 2.35 bits per heavy atom. The number of nitrogens with one attached hydrogen (secondary N) is 2. The van der Waals surface area contributed by atoms with Crippen molar-refractivity contribution >= 4 is 5.96 Å². The van der Waals surface area contributed by atoms with Gasteiger partial charge in [0.25, 0.3) is 0 Å². The lowest BCUT2D eigenvalue weighted by Gasteiger charge is -2.37. The standard InChI is InChI=1S/C21H32N6O4/c1-30-17-4-3-5-18(31-2)16(17)12-24-20-25-13-19(27(28)29)21(23,26-20)10-14-6-8-15(11-22)9-7-14/h3-5,13-15H,6-12,22-23H2,1-2H3,(H2,24,25,26). The van der Waals surface area contributed by atoms with E-state index in [1.807, 2.05) is 18.2 Å². The van der Waals surface area contributed by atoms with E-state index in [1.54, 1.807) is 14.2 Å². The topological polar surface area (TPSA) is 150 Å². The van der Waals surface area contributed by atoms with Gasteiger partial charge in [-0.3, -0.25) is 15.8 Å². The van der Waals surface area contributed by atoms with Gasteiger partial charge in [-0.15, -0.1) is 0 Å². The van der Waals surface area contributed by atoms with Gasteiger partial charge >= 0.3 is 5.70 Å². The first kappa shape index (κ1) is 22.8. The van der Waals surface area contributed by atoms with Crippen molar-refractivity contribution in [3.63, 3.8) is 0 Å². The number of aliphatic imine (C=N–C) groups is 1. The highest BCUT2D eigenvalue weighted by Gasteiger charge is 2.44. The molecule has 1 aliphatic carbocycles. The van der Waals surface area contributed by atoms with Crippen LogP contribution in [-0.4, -0.2) is 37.3 Å². The van der Waals surface area contributed by atoms with Crippen LogP contribution in [0.15, 0.2) is 35.1 Å². The molecule has 1 saturated carbocycles. The predicted molar refractivity (Wildman–Crippen MR) is 118 cm³/mol. The van der Waals surface area contributed by atoms with Crippen LogP contribution in [-0.2, 0) is 6.54 Å². The number of ether oxygens (including phenoxy) is 2. The van der Waals surface area contributed by atoms with Crippen LogP contribution in [0, 0.1) is 22.0 Å². The van der Waals surface area contributed by atoms with Gasteiger partial charge in [-0.05, 0) is 62.6 Å². The molecule has 1 aromatic rings. The smallest absolute Gasteiger partial charge is 0.301 e. The molecule has 170 valence electrons. The first-order chi connectivity index (χ1) is 14.9. The molecule has 0 amide bonds. The molecule has 0 spiro atoms. The molecule has 6 N–H and O–H groups in total. The van der Waals surface area contributed by atoms with Crippen LogP contribution in [0.25, 0.3) is 0 Å². The maximum atomic E-state index is 11.7. The first-order valence-corrected chi connectivity index (χ1v) is 10.5. The van der Waals surface area contributed by atoms with Gasteiger partial charge in [0.05, 0.1) is 37.5 Å². The summed E-state index contributed by atoms with van der Waals surface area (Å²) in [4.78, 5) is 15.8. The summed E-state index contributed by atoms with van der Waals surface area (Å²) in [6.45, 7) is 0.938. The summed E-state index contributed by atoms with van der Waals surface area (Å²) in [5.74, 6) is 2.49. The minimum absolute atomic E-state index is 0.0951. The van der Waals surface area contributed by atoms with Crippen LogP contribution in [0.3, 0.4) is 0 Å². The number of nitrogens with zero attached hydrogens (tertiary/aromatic N) is 2. The van der Waals surface area contributed by atoms with Crippen LogP contribution in [0.4, 0.5) is 0 Å². The Morgan fingerprint density at radius 1 is 1.19 bits per heavy atom. The Bertz CT molecular complexity index is 828. The highest BCUT2D eigenvalue weighted by molar-refractivity contribution is 5.83. The zero-order valence-corrected chi connectivity index (χ0v) is 18.1. The summed E-state index contributed by atoms with van der Waals surface area (Å²) in [6.07, 6.45) is 5.77. The van der Waals surface area contributed by atoms with Gasteiger partial charge in [-0.1, -0.05) is 6.07 Å². The van der Waals surface area contributed by atoms with Crippen LogP contribution < -0.4 is 31.6 Å². The van der Waals surface area contributed by atoms with Gasteiger partial charge in [-0.2, -0.15) is 0 Å². The Balaban J connectivity index is 1.78. The Kier molecular flexibility index (Phi) is 7.34. The number of nitro groups is 1. The van der Waals surface area contributed by atoms with Gasteiger partial charge < -0.3 is 25.8 Å². The van der Waals surface area contributed by atoms with Crippen LogP contribution in [0.5, 0.6) is 11.5 Å². The monoisotopic (exact) mass is 432 g/mol. The summed E-state index contributed by atoms with van der Waals surface area (Å²) in [5.41, 5.74) is 11.7. The van der Waals surface area contributed by atoms with Gasteiger partial charge in [-0.25, -0.2) is 4.99 Å². The third kappa shape index (κ3) is 5.26. The van der Waals surface area contributed by atoms with Gasteiger partial charge in [0.15, 0.2) is 11.6 Å². The average molecular weight is 433 g/mol. The second-order valence-electron chi connectivity index (χ2n) is 8.16. The lowest BCUT2D eigenvalue weighted by atomic mass is 9.77. The largest absolute Gasteiger partial charge is 0.496 e. The van der Waals surface area contributed by atoms with Crippen molar-refractivity contribution in [3.8, 4) is 11.5 Å². The third-order valence-electron chi connectivity index (χ3n) is 6.18. The molecule has 1 heterocycles. The van der Waals surface area contributed by atoms with E-state index in [1.165, 1.54) is 6.20 Å². The number of guanidine groups is 1. The molecule has 0 radical (unpaired) electrons. The second kappa shape index (κ2) is 9.97. The number of hydrogen-bond acceptors (Lipinski definition) is 7. The molecule has 10 heteroatoms. The number of methoxy groups -OCH3 is 2. The zero-order chi connectivity index (χ0) is 22.4. The van der Waals surface area contributed by atoms with E-state index in [4.69, 9.17) is 20.9 Å². The fourth-order valence-corrected chi connectivity index (χ4v) is 4.40. The maximum Gasteiger partial charge on any atom is 0.301 e. The molecular formula is C21H32N6O4. The number of nitrogens with two attached hydrogens (primary N) is 2. The number of rotatable bonds is 8. The second-order valence-corrected chi connectivity index (χ2v) is 8.16. The molecule has 0 bridgehead atoms. The van der Waals surface area contributed by atoms with Crippen molar-refractivity contribution < 1.29 is 14.4 Å². The molecule has 1 aromatic carbocycles. The molecule has 10 nitrogen and oxygen atoms in total. The minimum Gasteiger partial charge on any atom is -0.496 e. The lowest BCUT2D eigenvalue weighted by Crippen LogP contribution is -2.64. The van der Waals surface area contributed by atoms with Crippen LogP contribution >= 0.6 is 0 Å². The van der Waals surface area contributed by atoms with Crippen LogP contribution in [0.2, 0.25) is 0 Å². The van der Waals surface area contributed by atoms with Gasteiger partial charge in [0.1, 0.15) is 11.5 Å². The van der Waals surface area contributed by atoms with E-state index in [-0.39, 0.29) is 18.2 Å². The molecule has 2 aliphatic rings. The van der Waals surface area contributed by atoms with Crippen molar-refractivity contribution in [1.82, 2.24) is 10.6 Å².